The van der Waals surface area contributed by atoms with E-state index >= 15 is 0 Å². The standard InChI is InChI=1S/C4H9F3N2/c1-3(2-9-8)4(5,6)7/h3,9H,2,8H2,1H3/t3-/m0/s1. The molecule has 0 aromatic heterocycles. The zero-order valence-corrected chi connectivity index (χ0v) is 5.00. The lowest BCUT2D eigenvalue weighted by Crippen LogP contribution is -2.34. The van der Waals surface area contributed by atoms with Crippen LogP contribution in [0.5, 0.6) is 0 Å². The summed E-state index contributed by atoms with van der Waals surface area (Å²) in [5, 5.41) is 0. The topological polar surface area (TPSA) is 38.0 Å². The molecule has 5 heteroatoms. The van der Waals surface area contributed by atoms with Crippen molar-refractivity contribution in [2.45, 2.75) is 13.1 Å². The molecule has 0 amide bonds. The maximum atomic E-state index is 11.5. The molecule has 56 valence electrons. The number of nitrogens with two attached hydrogens (primary N) is 1. The Morgan fingerprint density at radius 3 is 2.11 bits per heavy atom. The van der Waals surface area contributed by atoms with Crippen LogP contribution in [-0.4, -0.2) is 12.7 Å². The van der Waals surface area contributed by atoms with Crippen LogP contribution < -0.4 is 11.3 Å². The summed E-state index contributed by atoms with van der Waals surface area (Å²) >= 11 is 0. The van der Waals surface area contributed by atoms with Crippen LogP contribution in [-0.2, 0) is 0 Å². The van der Waals surface area contributed by atoms with Gasteiger partial charge >= 0.3 is 6.18 Å². The Morgan fingerprint density at radius 2 is 2.00 bits per heavy atom. The molecular weight excluding hydrogens is 133 g/mol. The van der Waals surface area contributed by atoms with Crippen molar-refractivity contribution < 1.29 is 13.2 Å². The number of halogens is 3. The van der Waals surface area contributed by atoms with Crippen LogP contribution >= 0.6 is 0 Å². The van der Waals surface area contributed by atoms with E-state index in [0.717, 1.165) is 6.92 Å². The fourth-order valence-electron chi connectivity index (χ4n) is 0.293. The highest BCUT2D eigenvalue weighted by molar-refractivity contribution is 4.62. The molecule has 0 spiro atoms. The van der Waals surface area contributed by atoms with E-state index in [1.54, 1.807) is 0 Å². The Bertz CT molecular complexity index is 80.4. The van der Waals surface area contributed by atoms with Crippen molar-refractivity contribution in [1.82, 2.24) is 5.43 Å². The van der Waals surface area contributed by atoms with Gasteiger partial charge in [0.25, 0.3) is 0 Å². The molecule has 0 heterocycles. The van der Waals surface area contributed by atoms with Crippen LogP contribution in [0.2, 0.25) is 0 Å². The minimum absolute atomic E-state index is 0.233. The number of hydrazine groups is 1. The van der Waals surface area contributed by atoms with Crippen LogP contribution in [0.25, 0.3) is 0 Å². The molecule has 0 aliphatic heterocycles. The summed E-state index contributed by atoms with van der Waals surface area (Å²) < 4.78 is 34.6. The number of rotatable bonds is 2. The molecule has 0 aromatic carbocycles. The molecule has 0 aliphatic carbocycles. The van der Waals surface area contributed by atoms with Gasteiger partial charge in [-0.1, -0.05) is 6.92 Å². The first-order valence-electron chi connectivity index (χ1n) is 2.48. The largest absolute Gasteiger partial charge is 0.392 e. The second kappa shape index (κ2) is 3.03. The number of hydrogen-bond donors (Lipinski definition) is 2. The van der Waals surface area contributed by atoms with Crippen LogP contribution in [0, 0.1) is 5.92 Å². The lowest BCUT2D eigenvalue weighted by molar-refractivity contribution is -0.168. The molecule has 9 heavy (non-hydrogen) atoms. The molecule has 0 fully saturated rings. The summed E-state index contributed by atoms with van der Waals surface area (Å²) in [6.07, 6.45) is -4.13. The van der Waals surface area contributed by atoms with Crippen LogP contribution in [0.1, 0.15) is 6.92 Å². The van der Waals surface area contributed by atoms with Gasteiger partial charge in [0.15, 0.2) is 0 Å². The van der Waals surface area contributed by atoms with E-state index < -0.39 is 12.1 Å². The van der Waals surface area contributed by atoms with Crippen molar-refractivity contribution in [2.24, 2.45) is 11.8 Å². The summed E-state index contributed by atoms with van der Waals surface area (Å²) in [6, 6.07) is 0. The molecule has 0 radical (unpaired) electrons. The summed E-state index contributed by atoms with van der Waals surface area (Å²) in [7, 11) is 0. The Labute approximate surface area is 51.2 Å². The van der Waals surface area contributed by atoms with Crippen molar-refractivity contribution in [3.63, 3.8) is 0 Å². The van der Waals surface area contributed by atoms with Gasteiger partial charge in [-0.3, -0.25) is 11.3 Å². The molecule has 2 nitrogen and oxygen atoms in total. The number of nitrogens with one attached hydrogen (secondary N) is 1. The molecule has 0 rings (SSSR count). The lowest BCUT2D eigenvalue weighted by atomic mass is 10.2. The summed E-state index contributed by atoms with van der Waals surface area (Å²) in [5.41, 5.74) is 1.95. The first-order valence-corrected chi connectivity index (χ1v) is 2.48. The van der Waals surface area contributed by atoms with E-state index in [4.69, 9.17) is 0 Å². The van der Waals surface area contributed by atoms with Crippen molar-refractivity contribution in [1.29, 1.82) is 0 Å². The summed E-state index contributed by atoms with van der Waals surface area (Å²) in [4.78, 5) is 0. The Hall–Kier alpha value is -0.290. The molecule has 0 aromatic rings. The number of hydrogen-bond acceptors (Lipinski definition) is 2. The maximum absolute atomic E-state index is 11.5. The summed E-state index contributed by atoms with van der Waals surface area (Å²) in [6.45, 7) is 0.837. The minimum atomic E-state index is -4.13. The Morgan fingerprint density at radius 1 is 1.56 bits per heavy atom. The molecule has 0 aliphatic rings. The van der Waals surface area contributed by atoms with Gasteiger partial charge in [-0.05, 0) is 0 Å². The van der Waals surface area contributed by atoms with Crippen LogP contribution in [0.4, 0.5) is 13.2 Å². The fraction of sp³-hybridized carbons (Fsp3) is 1.00. The molecular formula is C4H9F3N2. The van der Waals surface area contributed by atoms with E-state index in [9.17, 15) is 13.2 Å². The van der Waals surface area contributed by atoms with Gasteiger partial charge in [-0.25, -0.2) is 0 Å². The van der Waals surface area contributed by atoms with E-state index in [0.29, 0.717) is 0 Å². The third kappa shape index (κ3) is 3.31. The van der Waals surface area contributed by atoms with Crippen molar-refractivity contribution in [3.8, 4) is 0 Å². The van der Waals surface area contributed by atoms with E-state index in [1.807, 2.05) is 5.43 Å². The van der Waals surface area contributed by atoms with Gasteiger partial charge in [-0.15, -0.1) is 0 Å². The van der Waals surface area contributed by atoms with Crippen molar-refractivity contribution in [3.05, 3.63) is 0 Å². The second-order valence-electron chi connectivity index (χ2n) is 1.85. The highest BCUT2D eigenvalue weighted by atomic mass is 19.4. The molecule has 0 bridgehead atoms. The van der Waals surface area contributed by atoms with Gasteiger partial charge in [-0.2, -0.15) is 13.2 Å². The normalized spacial score (nSPS) is 15.7. The number of alkyl halides is 3. The molecule has 0 saturated carbocycles. The van der Waals surface area contributed by atoms with Gasteiger partial charge in [0.1, 0.15) is 0 Å². The maximum Gasteiger partial charge on any atom is 0.392 e. The van der Waals surface area contributed by atoms with Crippen LogP contribution in [0.15, 0.2) is 0 Å². The highest BCUT2D eigenvalue weighted by Crippen LogP contribution is 2.24. The van der Waals surface area contributed by atoms with Crippen molar-refractivity contribution >= 4 is 0 Å². The SMILES string of the molecule is C[C@@H](CNN)C(F)(F)F. The van der Waals surface area contributed by atoms with Gasteiger partial charge in [0.05, 0.1) is 5.92 Å². The molecule has 1 atom stereocenters. The van der Waals surface area contributed by atoms with Gasteiger partial charge in [0.2, 0.25) is 0 Å². The molecule has 0 saturated heterocycles. The van der Waals surface area contributed by atoms with Crippen molar-refractivity contribution in [2.75, 3.05) is 6.54 Å². The summed E-state index contributed by atoms with van der Waals surface area (Å²) in [5.74, 6) is 3.30. The van der Waals surface area contributed by atoms with E-state index in [1.165, 1.54) is 0 Å². The average Bonchev–Trinajstić information content (AvgIpc) is 1.64. The van der Waals surface area contributed by atoms with Gasteiger partial charge in [0, 0.05) is 6.54 Å². The quantitative estimate of drug-likeness (QED) is 0.438. The lowest BCUT2D eigenvalue weighted by Gasteiger charge is -2.13. The predicted molar refractivity (Wildman–Crippen MR) is 27.4 cm³/mol. The zero-order chi connectivity index (χ0) is 7.49. The fourth-order valence-corrected chi connectivity index (χ4v) is 0.293. The first-order chi connectivity index (χ1) is 3.98. The first kappa shape index (κ1) is 8.71. The predicted octanol–water partition coefficient (Wildman–Crippen LogP) is 0.648. The monoisotopic (exact) mass is 142 g/mol. The Balaban J connectivity index is 3.59. The van der Waals surface area contributed by atoms with E-state index in [-0.39, 0.29) is 6.54 Å². The Kier molecular flexibility index (Phi) is 2.93. The second-order valence-corrected chi connectivity index (χ2v) is 1.85. The molecule has 3 N–H and O–H groups in total. The molecule has 0 unspecified atom stereocenters. The zero-order valence-electron chi connectivity index (χ0n) is 5.00. The van der Waals surface area contributed by atoms with Crippen LogP contribution in [0.3, 0.4) is 0 Å². The smallest absolute Gasteiger partial charge is 0.271 e. The average molecular weight is 142 g/mol. The highest BCUT2D eigenvalue weighted by Gasteiger charge is 2.35. The minimum Gasteiger partial charge on any atom is -0.271 e. The van der Waals surface area contributed by atoms with E-state index in [2.05, 4.69) is 5.84 Å². The van der Waals surface area contributed by atoms with Gasteiger partial charge < -0.3 is 0 Å². The third-order valence-corrected chi connectivity index (χ3v) is 0.983. The third-order valence-electron chi connectivity index (χ3n) is 0.983.